The number of hydrogen-bond donors (Lipinski definition) is 1. The Morgan fingerprint density at radius 3 is 2.43 bits per heavy atom. The molecule has 0 aliphatic heterocycles. The van der Waals surface area contributed by atoms with E-state index in [9.17, 15) is 26.7 Å². The van der Waals surface area contributed by atoms with Crippen LogP contribution in [0.15, 0.2) is 47.5 Å². The lowest BCUT2D eigenvalue weighted by Gasteiger charge is -2.22. The summed E-state index contributed by atoms with van der Waals surface area (Å²) in [6.07, 6.45) is -2.79. The zero-order valence-corrected chi connectivity index (χ0v) is 15.9. The van der Waals surface area contributed by atoms with Crippen LogP contribution >= 0.6 is 0 Å². The molecule has 0 bridgehead atoms. The van der Waals surface area contributed by atoms with Crippen LogP contribution in [-0.2, 0) is 6.54 Å². The van der Waals surface area contributed by atoms with Crippen LogP contribution in [0.4, 0.5) is 22.0 Å². The van der Waals surface area contributed by atoms with Crippen LogP contribution in [0, 0.1) is 13.8 Å². The van der Waals surface area contributed by atoms with Gasteiger partial charge in [0.25, 0.3) is 0 Å². The summed E-state index contributed by atoms with van der Waals surface area (Å²) in [5.41, 5.74) is 2.13. The number of benzene rings is 1. The first-order valence-corrected chi connectivity index (χ1v) is 9.01. The lowest BCUT2D eigenvalue weighted by Crippen LogP contribution is -2.40. The van der Waals surface area contributed by atoms with Crippen LogP contribution in [0.25, 0.3) is 33.1 Å². The van der Waals surface area contributed by atoms with E-state index in [0.717, 1.165) is 4.57 Å². The lowest BCUT2D eigenvalue weighted by atomic mass is 10.0. The minimum Gasteiger partial charge on any atom is -0.334 e. The molecule has 3 heterocycles. The van der Waals surface area contributed by atoms with E-state index >= 15 is 0 Å². The zero-order valence-electron chi connectivity index (χ0n) is 15.9. The third-order valence-electron chi connectivity index (χ3n) is 5.18. The molecule has 0 fully saturated rings. The number of fused-ring (bicyclic) bond motifs is 3. The molecule has 0 unspecified atom stereocenters. The van der Waals surface area contributed by atoms with Gasteiger partial charge >= 0.3 is 12.1 Å². The van der Waals surface area contributed by atoms with Crippen molar-refractivity contribution in [3.63, 3.8) is 0 Å². The van der Waals surface area contributed by atoms with Gasteiger partial charge in [-0.15, -0.1) is 0 Å². The molecule has 3 aromatic heterocycles. The summed E-state index contributed by atoms with van der Waals surface area (Å²) in [5.74, 6) is -4.93. The Morgan fingerprint density at radius 2 is 1.80 bits per heavy atom. The molecule has 0 radical (unpaired) electrons. The predicted molar refractivity (Wildman–Crippen MR) is 104 cm³/mol. The first kappa shape index (κ1) is 20.1. The van der Waals surface area contributed by atoms with Gasteiger partial charge in [0.15, 0.2) is 0 Å². The van der Waals surface area contributed by atoms with Crippen LogP contribution in [0.5, 0.6) is 0 Å². The van der Waals surface area contributed by atoms with Gasteiger partial charge in [-0.2, -0.15) is 22.0 Å². The normalized spacial score (nSPS) is 12.8. The van der Waals surface area contributed by atoms with Crippen molar-refractivity contribution in [3.8, 4) is 11.3 Å². The van der Waals surface area contributed by atoms with Gasteiger partial charge in [0.2, 0.25) is 5.56 Å². The average Bonchev–Trinajstić information content (AvgIpc) is 2.92. The van der Waals surface area contributed by atoms with Crippen molar-refractivity contribution < 1.29 is 22.0 Å². The van der Waals surface area contributed by atoms with Crippen molar-refractivity contribution in [1.82, 2.24) is 14.5 Å². The molecular weight excluding hydrogens is 405 g/mol. The predicted octanol–water partition coefficient (Wildman–Crippen LogP) is 5.36. The third kappa shape index (κ3) is 3.05. The van der Waals surface area contributed by atoms with Gasteiger partial charge in [0, 0.05) is 45.8 Å². The number of rotatable bonds is 3. The van der Waals surface area contributed by atoms with Gasteiger partial charge in [0.1, 0.15) is 0 Å². The molecular formula is C21H16F5N3O. The average molecular weight is 421 g/mol. The second kappa shape index (κ2) is 6.65. The Kier molecular flexibility index (Phi) is 4.44. The highest BCUT2D eigenvalue weighted by Crippen LogP contribution is 2.42. The lowest BCUT2D eigenvalue weighted by molar-refractivity contribution is -0.286. The molecule has 9 heteroatoms. The number of aromatic nitrogens is 3. The number of pyridine rings is 2. The van der Waals surface area contributed by atoms with Gasteiger partial charge in [-0.05, 0) is 49.2 Å². The van der Waals surface area contributed by atoms with Crippen LogP contribution in [-0.4, -0.2) is 26.6 Å². The van der Waals surface area contributed by atoms with E-state index in [2.05, 4.69) is 9.97 Å². The molecule has 1 aromatic carbocycles. The molecule has 0 aliphatic carbocycles. The van der Waals surface area contributed by atoms with Crippen LogP contribution in [0.1, 0.15) is 11.1 Å². The van der Waals surface area contributed by atoms with E-state index in [4.69, 9.17) is 0 Å². The molecule has 0 aliphatic rings. The molecule has 4 nitrogen and oxygen atoms in total. The maximum absolute atomic E-state index is 14.1. The van der Waals surface area contributed by atoms with Crippen LogP contribution in [0.2, 0.25) is 0 Å². The molecule has 4 aromatic rings. The Hall–Kier alpha value is -3.23. The maximum Gasteiger partial charge on any atom is 0.455 e. The fourth-order valence-electron chi connectivity index (χ4n) is 3.92. The highest BCUT2D eigenvalue weighted by molar-refractivity contribution is 6.11. The highest BCUT2D eigenvalue weighted by atomic mass is 19.4. The molecule has 0 spiro atoms. The van der Waals surface area contributed by atoms with E-state index in [1.807, 2.05) is 0 Å². The van der Waals surface area contributed by atoms with Crippen molar-refractivity contribution in [2.24, 2.45) is 0 Å². The summed E-state index contributed by atoms with van der Waals surface area (Å²) in [5, 5.41) is 1.11. The largest absolute Gasteiger partial charge is 0.455 e. The second-order valence-electron chi connectivity index (χ2n) is 7.20. The first-order chi connectivity index (χ1) is 14.0. The summed E-state index contributed by atoms with van der Waals surface area (Å²) < 4.78 is 68.2. The summed E-state index contributed by atoms with van der Waals surface area (Å²) in [4.78, 5) is 18.5. The van der Waals surface area contributed by atoms with Gasteiger partial charge in [0.05, 0.1) is 12.2 Å². The fourth-order valence-corrected chi connectivity index (χ4v) is 3.92. The Balaban J connectivity index is 2.13. The van der Waals surface area contributed by atoms with Crippen molar-refractivity contribution in [2.45, 2.75) is 32.5 Å². The van der Waals surface area contributed by atoms with Gasteiger partial charge in [-0.1, -0.05) is 0 Å². The van der Waals surface area contributed by atoms with Gasteiger partial charge in [-0.25, -0.2) is 0 Å². The topological polar surface area (TPSA) is 50.7 Å². The van der Waals surface area contributed by atoms with E-state index in [1.165, 1.54) is 30.6 Å². The molecule has 0 amide bonds. The van der Waals surface area contributed by atoms with E-state index < -0.39 is 18.6 Å². The zero-order chi connectivity index (χ0) is 21.8. The summed E-state index contributed by atoms with van der Waals surface area (Å²) in [6.45, 7) is 1.79. The van der Waals surface area contributed by atoms with Crippen LogP contribution < -0.4 is 5.56 Å². The van der Waals surface area contributed by atoms with E-state index in [-0.39, 0.29) is 16.8 Å². The second-order valence-corrected chi connectivity index (χ2v) is 7.20. The monoisotopic (exact) mass is 421 g/mol. The standard InChI is InChI=1S/C21H16F5N3O/c1-11-8-16(30)28-14-5-6-15-18(17(11)14)12(2)19(13-4-3-7-27-9-13)29(15)10-20(22,23)21(24,25)26/h3-9H,10H2,1-2H3,(H,28,30). The number of nitrogens with zero attached hydrogens (tertiary/aromatic N) is 2. The maximum atomic E-state index is 14.1. The van der Waals surface area contributed by atoms with E-state index in [0.29, 0.717) is 33.0 Å². The first-order valence-electron chi connectivity index (χ1n) is 9.01. The smallest absolute Gasteiger partial charge is 0.334 e. The van der Waals surface area contributed by atoms with Crippen molar-refractivity contribution >= 4 is 21.8 Å². The summed E-state index contributed by atoms with van der Waals surface area (Å²) in [6, 6.07) is 7.52. The number of nitrogens with one attached hydrogen (secondary N) is 1. The SMILES string of the molecule is Cc1cc(=O)[nH]c2ccc3c(c(C)c(-c4cccnc4)n3CC(F)(F)C(F)(F)F)c12. The number of hydrogen-bond acceptors (Lipinski definition) is 2. The van der Waals surface area contributed by atoms with Gasteiger partial charge in [-0.3, -0.25) is 9.78 Å². The Bertz CT molecular complexity index is 1320. The summed E-state index contributed by atoms with van der Waals surface area (Å²) in [7, 11) is 0. The number of halogens is 5. The molecule has 1 N–H and O–H groups in total. The van der Waals surface area contributed by atoms with Crippen molar-refractivity contribution in [1.29, 1.82) is 0 Å². The van der Waals surface area contributed by atoms with Gasteiger partial charge < -0.3 is 9.55 Å². The Labute approximate surface area is 167 Å². The highest BCUT2D eigenvalue weighted by Gasteiger charge is 2.57. The third-order valence-corrected chi connectivity index (χ3v) is 5.18. The molecule has 0 saturated heterocycles. The quantitative estimate of drug-likeness (QED) is 0.453. The Morgan fingerprint density at radius 1 is 1.07 bits per heavy atom. The molecule has 0 saturated carbocycles. The fraction of sp³-hybridized carbons (Fsp3) is 0.238. The minimum absolute atomic E-state index is 0.220. The summed E-state index contributed by atoms with van der Waals surface area (Å²) >= 11 is 0. The number of aryl methyl sites for hydroxylation is 2. The number of alkyl halides is 5. The molecule has 156 valence electrons. The molecule has 30 heavy (non-hydrogen) atoms. The van der Waals surface area contributed by atoms with Crippen molar-refractivity contribution in [2.75, 3.05) is 0 Å². The molecule has 0 atom stereocenters. The minimum atomic E-state index is -5.69. The number of aromatic amines is 1. The van der Waals surface area contributed by atoms with Crippen LogP contribution in [0.3, 0.4) is 0 Å². The number of H-pyrrole nitrogens is 1. The van der Waals surface area contributed by atoms with E-state index in [1.54, 1.807) is 26.0 Å². The molecule has 4 rings (SSSR count). The van der Waals surface area contributed by atoms with Crippen molar-refractivity contribution in [3.05, 3.63) is 64.2 Å².